The molecule has 43 heavy (non-hydrogen) atoms. The summed E-state index contributed by atoms with van der Waals surface area (Å²) in [5.41, 5.74) is 14.6. The average molecular weight is 557 g/mol. The molecule has 2 nitrogen and oxygen atoms in total. The van der Waals surface area contributed by atoms with Gasteiger partial charge in [0.05, 0.1) is 0 Å². The van der Waals surface area contributed by atoms with Crippen molar-refractivity contribution in [3.8, 4) is 11.1 Å². The zero-order valence-corrected chi connectivity index (χ0v) is 25.3. The number of hydrogen-bond acceptors (Lipinski definition) is 2. The molecule has 0 aliphatic heterocycles. The van der Waals surface area contributed by atoms with E-state index in [1.807, 2.05) is 0 Å². The van der Waals surface area contributed by atoms with Crippen molar-refractivity contribution in [2.24, 2.45) is 0 Å². The van der Waals surface area contributed by atoms with Crippen LogP contribution in [0.25, 0.3) is 11.1 Å². The molecule has 0 amide bonds. The SMILES string of the molecule is Cc1cccc(N(c2ccccc2)c2ccc3c(c2)C(C)(C)c2cc([N+](c4ccccc4)c4cccc(C)c4)ccc2-3)c1. The molecular formula is C41H36N2+. The van der Waals surface area contributed by atoms with E-state index in [9.17, 15) is 0 Å². The first-order chi connectivity index (χ1) is 20.9. The molecule has 1 radical (unpaired) electrons. The summed E-state index contributed by atoms with van der Waals surface area (Å²) >= 11 is 0. The van der Waals surface area contributed by atoms with Gasteiger partial charge >= 0.3 is 0 Å². The second-order valence-electron chi connectivity index (χ2n) is 12.1. The normalized spacial score (nSPS) is 13.0. The quantitative estimate of drug-likeness (QED) is 0.185. The number of rotatable bonds is 6. The number of fused-ring (bicyclic) bond motifs is 3. The molecule has 0 unspecified atom stereocenters. The van der Waals surface area contributed by atoms with Gasteiger partial charge in [-0.1, -0.05) is 85.5 Å². The van der Waals surface area contributed by atoms with Crippen LogP contribution >= 0.6 is 0 Å². The number of para-hydroxylation sites is 2. The Hall–Kier alpha value is -4.92. The molecule has 0 saturated heterocycles. The van der Waals surface area contributed by atoms with E-state index in [0.29, 0.717) is 0 Å². The van der Waals surface area contributed by atoms with E-state index >= 15 is 0 Å². The Kier molecular flexibility index (Phi) is 6.72. The van der Waals surface area contributed by atoms with E-state index in [2.05, 4.69) is 183 Å². The van der Waals surface area contributed by atoms with E-state index in [1.54, 1.807) is 0 Å². The summed E-state index contributed by atoms with van der Waals surface area (Å²) in [5, 5.41) is 0. The minimum Gasteiger partial charge on any atom is -0.310 e. The topological polar surface area (TPSA) is 9.14 Å². The van der Waals surface area contributed by atoms with Gasteiger partial charge < -0.3 is 4.90 Å². The van der Waals surface area contributed by atoms with Gasteiger partial charge in [-0.3, -0.25) is 0 Å². The van der Waals surface area contributed by atoms with Crippen LogP contribution in [0, 0.1) is 13.8 Å². The molecular weight excluding hydrogens is 520 g/mol. The second-order valence-corrected chi connectivity index (χ2v) is 12.1. The molecule has 0 bridgehead atoms. The molecule has 0 atom stereocenters. The lowest BCUT2D eigenvalue weighted by Gasteiger charge is -2.28. The van der Waals surface area contributed by atoms with Crippen molar-refractivity contribution in [3.05, 3.63) is 168 Å². The van der Waals surface area contributed by atoms with Crippen molar-refractivity contribution in [2.75, 3.05) is 4.90 Å². The van der Waals surface area contributed by atoms with Crippen molar-refractivity contribution in [1.29, 1.82) is 0 Å². The summed E-state index contributed by atoms with van der Waals surface area (Å²) in [6.45, 7) is 9.04. The van der Waals surface area contributed by atoms with Gasteiger partial charge in [0.25, 0.3) is 0 Å². The summed E-state index contributed by atoms with van der Waals surface area (Å²) < 4.78 is 0. The fraction of sp³-hybridized carbons (Fsp3) is 0.122. The molecule has 0 N–H and O–H groups in total. The summed E-state index contributed by atoms with van der Waals surface area (Å²) in [4.78, 5) is 4.74. The fourth-order valence-corrected chi connectivity index (χ4v) is 6.57. The van der Waals surface area contributed by atoms with Crippen LogP contribution in [-0.4, -0.2) is 0 Å². The molecule has 1 aliphatic rings. The van der Waals surface area contributed by atoms with Gasteiger partial charge in [0, 0.05) is 58.9 Å². The molecule has 6 aromatic rings. The molecule has 6 aromatic carbocycles. The Bertz CT molecular complexity index is 1780. The summed E-state index contributed by atoms with van der Waals surface area (Å²) in [6.07, 6.45) is 0. The summed E-state index contributed by atoms with van der Waals surface area (Å²) in [5.74, 6) is 0. The van der Waals surface area contributed by atoms with Crippen LogP contribution in [0.15, 0.2) is 146 Å². The molecule has 1 aliphatic carbocycles. The molecule has 209 valence electrons. The van der Waals surface area contributed by atoms with Gasteiger partial charge in [-0.15, -0.1) is 0 Å². The molecule has 0 heterocycles. The number of aryl methyl sites for hydroxylation is 2. The third kappa shape index (κ3) is 4.84. The standard InChI is InChI=1S/C41H36N2/c1-29-13-11-19-33(25-29)42(31-15-7-5-8-16-31)35-21-23-37-38-24-22-36(28-40(38)41(3,4)39(37)27-35)43(32-17-9-6-10-18-32)34-20-12-14-30(2)26-34/h5-28H,1-4H3/q+1. The minimum atomic E-state index is -0.166. The Morgan fingerprint density at radius 3 is 1.67 bits per heavy atom. The predicted octanol–water partition coefficient (Wildman–Crippen LogP) is 11.5. The second kappa shape index (κ2) is 10.7. The van der Waals surface area contributed by atoms with E-state index in [4.69, 9.17) is 0 Å². The Morgan fingerprint density at radius 2 is 0.977 bits per heavy atom. The van der Waals surface area contributed by atoms with Gasteiger partial charge in [-0.05, 0) is 89.7 Å². The van der Waals surface area contributed by atoms with Crippen LogP contribution in [0.1, 0.15) is 36.1 Å². The Labute approximate surface area is 255 Å². The summed E-state index contributed by atoms with van der Waals surface area (Å²) in [6, 6.07) is 52.8. The van der Waals surface area contributed by atoms with Crippen LogP contribution in [0.4, 0.5) is 34.1 Å². The highest BCUT2D eigenvalue weighted by Gasteiger charge is 2.38. The van der Waals surface area contributed by atoms with Gasteiger partial charge in [0.15, 0.2) is 17.1 Å². The first kappa shape index (κ1) is 26.9. The molecule has 0 spiro atoms. The summed E-state index contributed by atoms with van der Waals surface area (Å²) in [7, 11) is 0. The van der Waals surface area contributed by atoms with Crippen molar-refractivity contribution >= 4 is 34.1 Å². The number of hydrogen-bond donors (Lipinski definition) is 0. The van der Waals surface area contributed by atoms with Crippen molar-refractivity contribution in [2.45, 2.75) is 33.1 Å². The lowest BCUT2D eigenvalue weighted by atomic mass is 9.82. The monoisotopic (exact) mass is 556 g/mol. The Morgan fingerprint density at radius 1 is 0.442 bits per heavy atom. The van der Waals surface area contributed by atoms with E-state index in [1.165, 1.54) is 56.1 Å². The number of anilines is 6. The highest BCUT2D eigenvalue weighted by Crippen LogP contribution is 2.52. The maximum Gasteiger partial charge on any atom is 0.192 e. The van der Waals surface area contributed by atoms with Crippen molar-refractivity contribution in [1.82, 2.24) is 4.90 Å². The van der Waals surface area contributed by atoms with Crippen LogP contribution in [0.3, 0.4) is 0 Å². The number of nitrogens with zero attached hydrogens (tertiary/aromatic N) is 2. The predicted molar refractivity (Wildman–Crippen MR) is 182 cm³/mol. The zero-order valence-electron chi connectivity index (χ0n) is 25.3. The largest absolute Gasteiger partial charge is 0.310 e. The van der Waals surface area contributed by atoms with Gasteiger partial charge in [0.1, 0.15) is 0 Å². The molecule has 7 rings (SSSR count). The average Bonchev–Trinajstić information content (AvgIpc) is 3.24. The molecule has 0 aromatic heterocycles. The van der Waals surface area contributed by atoms with E-state index < -0.39 is 0 Å². The van der Waals surface area contributed by atoms with Gasteiger partial charge in [-0.25, -0.2) is 0 Å². The lowest BCUT2D eigenvalue weighted by molar-refractivity contribution is 0.659. The Balaban J connectivity index is 1.34. The highest BCUT2D eigenvalue weighted by molar-refractivity contribution is 5.87. The van der Waals surface area contributed by atoms with E-state index in [0.717, 1.165) is 11.4 Å². The first-order valence-corrected chi connectivity index (χ1v) is 15.0. The van der Waals surface area contributed by atoms with Crippen LogP contribution < -0.4 is 9.80 Å². The first-order valence-electron chi connectivity index (χ1n) is 15.0. The lowest BCUT2D eigenvalue weighted by Crippen LogP contribution is -2.18. The molecule has 0 fully saturated rings. The third-order valence-corrected chi connectivity index (χ3v) is 8.71. The third-order valence-electron chi connectivity index (χ3n) is 8.71. The van der Waals surface area contributed by atoms with Crippen molar-refractivity contribution in [3.63, 3.8) is 0 Å². The van der Waals surface area contributed by atoms with Gasteiger partial charge in [-0.2, -0.15) is 0 Å². The van der Waals surface area contributed by atoms with Crippen LogP contribution in [0.5, 0.6) is 0 Å². The fourth-order valence-electron chi connectivity index (χ4n) is 6.57. The molecule has 2 heteroatoms. The maximum absolute atomic E-state index is 2.40. The maximum atomic E-state index is 2.40. The smallest absolute Gasteiger partial charge is 0.192 e. The highest BCUT2D eigenvalue weighted by atomic mass is 15.1. The molecule has 0 saturated carbocycles. The van der Waals surface area contributed by atoms with Crippen LogP contribution in [-0.2, 0) is 5.41 Å². The van der Waals surface area contributed by atoms with Crippen molar-refractivity contribution < 1.29 is 0 Å². The zero-order chi connectivity index (χ0) is 29.6. The minimum absolute atomic E-state index is 0.166. The number of benzene rings is 6. The van der Waals surface area contributed by atoms with Crippen LogP contribution in [0.2, 0.25) is 0 Å². The van der Waals surface area contributed by atoms with Gasteiger partial charge in [0.2, 0.25) is 0 Å². The van der Waals surface area contributed by atoms with E-state index in [-0.39, 0.29) is 5.41 Å².